The fourth-order valence-corrected chi connectivity index (χ4v) is 1.64. The molecular formula is C12H14N2O2. The predicted molar refractivity (Wildman–Crippen MR) is 61.1 cm³/mol. The van der Waals surface area contributed by atoms with E-state index in [9.17, 15) is 4.79 Å². The standard InChI is InChI=1S/C12H14N2O2/c1-8(7-11(15)16-2)12-13-9-5-3-4-6-10(9)14-12/h3-6,8H,7H2,1-2H3,(H,13,14)/t8-/m0/s1. The summed E-state index contributed by atoms with van der Waals surface area (Å²) in [6.45, 7) is 1.95. The van der Waals surface area contributed by atoms with Crippen molar-refractivity contribution in [2.24, 2.45) is 0 Å². The van der Waals surface area contributed by atoms with Crippen LogP contribution in [-0.4, -0.2) is 23.0 Å². The number of hydrogen-bond donors (Lipinski definition) is 1. The predicted octanol–water partition coefficient (Wildman–Crippen LogP) is 2.23. The number of methoxy groups -OCH3 is 1. The first kappa shape index (κ1) is 10.7. The van der Waals surface area contributed by atoms with Crippen molar-refractivity contribution in [3.63, 3.8) is 0 Å². The van der Waals surface area contributed by atoms with Gasteiger partial charge in [0.2, 0.25) is 0 Å². The van der Waals surface area contributed by atoms with Gasteiger partial charge in [-0.3, -0.25) is 4.79 Å². The normalized spacial score (nSPS) is 12.6. The summed E-state index contributed by atoms with van der Waals surface area (Å²) < 4.78 is 4.64. The van der Waals surface area contributed by atoms with E-state index < -0.39 is 0 Å². The van der Waals surface area contributed by atoms with Gasteiger partial charge in [-0.1, -0.05) is 19.1 Å². The second kappa shape index (κ2) is 4.35. The van der Waals surface area contributed by atoms with Crippen LogP contribution in [0.25, 0.3) is 11.0 Å². The Morgan fingerprint density at radius 1 is 1.50 bits per heavy atom. The van der Waals surface area contributed by atoms with Crippen LogP contribution in [0.4, 0.5) is 0 Å². The second-order valence-electron chi connectivity index (χ2n) is 3.82. The van der Waals surface area contributed by atoms with Gasteiger partial charge in [-0.05, 0) is 12.1 Å². The first-order chi connectivity index (χ1) is 7.70. The number of H-pyrrole nitrogens is 1. The van der Waals surface area contributed by atoms with Crippen molar-refractivity contribution in [1.82, 2.24) is 9.97 Å². The van der Waals surface area contributed by atoms with Gasteiger partial charge in [-0.25, -0.2) is 4.98 Å². The smallest absolute Gasteiger partial charge is 0.306 e. The maximum Gasteiger partial charge on any atom is 0.306 e. The Morgan fingerprint density at radius 2 is 2.25 bits per heavy atom. The van der Waals surface area contributed by atoms with E-state index in [4.69, 9.17) is 0 Å². The summed E-state index contributed by atoms with van der Waals surface area (Å²) in [6.07, 6.45) is 0.344. The average molecular weight is 218 g/mol. The molecule has 0 radical (unpaired) electrons. The molecule has 4 heteroatoms. The molecule has 2 aromatic rings. The van der Waals surface area contributed by atoms with Gasteiger partial charge in [0, 0.05) is 5.92 Å². The van der Waals surface area contributed by atoms with Gasteiger partial charge >= 0.3 is 5.97 Å². The number of carbonyl (C=O) groups is 1. The Balaban J connectivity index is 2.23. The number of esters is 1. The number of fused-ring (bicyclic) bond motifs is 1. The van der Waals surface area contributed by atoms with Crippen LogP contribution in [0.15, 0.2) is 24.3 Å². The van der Waals surface area contributed by atoms with Crippen LogP contribution in [0.2, 0.25) is 0 Å². The van der Waals surface area contributed by atoms with Gasteiger partial charge in [0.1, 0.15) is 5.82 Å². The molecule has 4 nitrogen and oxygen atoms in total. The molecule has 16 heavy (non-hydrogen) atoms. The highest BCUT2D eigenvalue weighted by Gasteiger charge is 2.14. The lowest BCUT2D eigenvalue weighted by Gasteiger charge is -2.05. The molecule has 0 saturated heterocycles. The molecule has 1 aromatic carbocycles. The van der Waals surface area contributed by atoms with Crippen LogP contribution in [0, 0.1) is 0 Å². The van der Waals surface area contributed by atoms with Crippen molar-refractivity contribution >= 4 is 17.0 Å². The molecule has 0 unspecified atom stereocenters. The average Bonchev–Trinajstić information content (AvgIpc) is 2.72. The lowest BCUT2D eigenvalue weighted by atomic mass is 10.1. The molecule has 0 aliphatic rings. The number of carbonyl (C=O) groups excluding carboxylic acids is 1. The summed E-state index contributed by atoms with van der Waals surface area (Å²) in [6, 6.07) is 7.81. The molecule has 1 atom stereocenters. The third-order valence-corrected chi connectivity index (χ3v) is 2.58. The van der Waals surface area contributed by atoms with Crippen LogP contribution >= 0.6 is 0 Å². The van der Waals surface area contributed by atoms with E-state index in [1.54, 1.807) is 0 Å². The van der Waals surface area contributed by atoms with Crippen LogP contribution < -0.4 is 0 Å². The van der Waals surface area contributed by atoms with E-state index in [1.165, 1.54) is 7.11 Å². The lowest BCUT2D eigenvalue weighted by Crippen LogP contribution is -2.07. The fourth-order valence-electron chi connectivity index (χ4n) is 1.64. The van der Waals surface area contributed by atoms with Crippen molar-refractivity contribution < 1.29 is 9.53 Å². The number of hydrogen-bond acceptors (Lipinski definition) is 3. The zero-order valence-electron chi connectivity index (χ0n) is 9.36. The SMILES string of the molecule is COC(=O)C[C@H](C)c1nc2ccccc2[nH]1. The van der Waals surface area contributed by atoms with E-state index in [0.29, 0.717) is 6.42 Å². The zero-order valence-corrected chi connectivity index (χ0v) is 9.36. The molecule has 0 fully saturated rings. The lowest BCUT2D eigenvalue weighted by molar-refractivity contribution is -0.141. The van der Waals surface area contributed by atoms with E-state index in [-0.39, 0.29) is 11.9 Å². The Hall–Kier alpha value is -1.84. The maximum atomic E-state index is 11.1. The van der Waals surface area contributed by atoms with E-state index in [1.807, 2.05) is 31.2 Å². The summed E-state index contributed by atoms with van der Waals surface area (Å²) in [5.74, 6) is 0.652. The molecule has 0 amide bonds. The van der Waals surface area contributed by atoms with Gasteiger partial charge in [-0.2, -0.15) is 0 Å². The summed E-state index contributed by atoms with van der Waals surface area (Å²) >= 11 is 0. The van der Waals surface area contributed by atoms with Crippen molar-refractivity contribution in [2.45, 2.75) is 19.3 Å². The molecular weight excluding hydrogens is 204 g/mol. The van der Waals surface area contributed by atoms with Crippen molar-refractivity contribution in [3.05, 3.63) is 30.1 Å². The highest BCUT2D eigenvalue weighted by atomic mass is 16.5. The first-order valence-corrected chi connectivity index (χ1v) is 5.22. The molecule has 0 saturated carbocycles. The summed E-state index contributed by atoms with van der Waals surface area (Å²) in [7, 11) is 1.40. The van der Waals surface area contributed by atoms with Gasteiger partial charge in [-0.15, -0.1) is 0 Å². The molecule has 0 bridgehead atoms. The van der Waals surface area contributed by atoms with Gasteiger partial charge in [0.25, 0.3) is 0 Å². The fraction of sp³-hybridized carbons (Fsp3) is 0.333. The quantitative estimate of drug-likeness (QED) is 0.804. The summed E-state index contributed by atoms with van der Waals surface area (Å²) in [4.78, 5) is 18.8. The number of benzene rings is 1. The van der Waals surface area contributed by atoms with Crippen molar-refractivity contribution in [2.75, 3.05) is 7.11 Å². The molecule has 1 heterocycles. The number of para-hydroxylation sites is 2. The highest BCUT2D eigenvalue weighted by molar-refractivity contribution is 5.75. The summed E-state index contributed by atoms with van der Waals surface area (Å²) in [5, 5.41) is 0. The van der Waals surface area contributed by atoms with Crippen LogP contribution in [0.5, 0.6) is 0 Å². The number of nitrogens with one attached hydrogen (secondary N) is 1. The van der Waals surface area contributed by atoms with Gasteiger partial charge < -0.3 is 9.72 Å². The minimum atomic E-state index is -0.215. The van der Waals surface area contributed by atoms with E-state index >= 15 is 0 Å². The number of aromatic nitrogens is 2. The third-order valence-electron chi connectivity index (χ3n) is 2.58. The van der Waals surface area contributed by atoms with Crippen molar-refractivity contribution in [3.8, 4) is 0 Å². The Bertz CT molecular complexity index is 471. The number of ether oxygens (including phenoxy) is 1. The number of aromatic amines is 1. The maximum absolute atomic E-state index is 11.1. The molecule has 0 spiro atoms. The monoisotopic (exact) mass is 218 g/mol. The summed E-state index contributed by atoms with van der Waals surface area (Å²) in [5.41, 5.74) is 1.92. The number of rotatable bonds is 3. The third kappa shape index (κ3) is 2.05. The molecule has 2 rings (SSSR count). The Morgan fingerprint density at radius 3 is 2.94 bits per heavy atom. The van der Waals surface area contributed by atoms with Gasteiger partial charge in [0.05, 0.1) is 24.6 Å². The topological polar surface area (TPSA) is 55.0 Å². The van der Waals surface area contributed by atoms with Gasteiger partial charge in [0.15, 0.2) is 0 Å². The Labute approximate surface area is 93.6 Å². The number of nitrogens with zero attached hydrogens (tertiary/aromatic N) is 1. The second-order valence-corrected chi connectivity index (χ2v) is 3.82. The van der Waals surface area contributed by atoms with E-state index in [0.717, 1.165) is 16.9 Å². The molecule has 0 aliphatic carbocycles. The minimum Gasteiger partial charge on any atom is -0.469 e. The largest absolute Gasteiger partial charge is 0.469 e. The molecule has 84 valence electrons. The van der Waals surface area contributed by atoms with Crippen LogP contribution in [-0.2, 0) is 9.53 Å². The molecule has 0 aliphatic heterocycles. The highest BCUT2D eigenvalue weighted by Crippen LogP contribution is 2.20. The minimum absolute atomic E-state index is 0.0415. The van der Waals surface area contributed by atoms with Crippen molar-refractivity contribution in [1.29, 1.82) is 0 Å². The van der Waals surface area contributed by atoms with Crippen LogP contribution in [0.1, 0.15) is 25.1 Å². The Kier molecular flexibility index (Phi) is 2.90. The molecule has 1 aromatic heterocycles. The van der Waals surface area contributed by atoms with Crippen LogP contribution in [0.3, 0.4) is 0 Å². The number of imidazole rings is 1. The molecule has 1 N–H and O–H groups in total. The first-order valence-electron chi connectivity index (χ1n) is 5.22. The zero-order chi connectivity index (χ0) is 11.5. The van der Waals surface area contributed by atoms with E-state index in [2.05, 4.69) is 14.7 Å².